The zero-order valence-electron chi connectivity index (χ0n) is 15.9. The standard InChI is InChI=1S/C19H24FN3O4/c1-12-14(9-17(24)21-19(3,11-27-4)10-18(25)26)13(2)23(22-12)16-8-6-5-7-15(16)20/h5-8H,9-11H2,1-4H3,(H,21,24)(H,25,26)/t19-/m0/s1. The first kappa shape index (κ1) is 20.6. The monoisotopic (exact) mass is 377 g/mol. The number of carboxylic acids is 1. The summed E-state index contributed by atoms with van der Waals surface area (Å²) in [5, 5.41) is 16.2. The number of hydrogen-bond donors (Lipinski definition) is 2. The summed E-state index contributed by atoms with van der Waals surface area (Å²) in [4.78, 5) is 23.6. The Morgan fingerprint density at radius 3 is 2.59 bits per heavy atom. The molecule has 0 spiro atoms. The van der Waals surface area contributed by atoms with Crippen LogP contribution in [-0.4, -0.2) is 46.0 Å². The van der Waals surface area contributed by atoms with Crippen LogP contribution in [0.1, 0.15) is 30.3 Å². The molecule has 0 saturated carbocycles. The predicted octanol–water partition coefficient (Wildman–Crippen LogP) is 2.17. The number of carbonyl (C=O) groups excluding carboxylic acids is 1. The number of para-hydroxylation sites is 1. The van der Waals surface area contributed by atoms with E-state index in [2.05, 4.69) is 10.4 Å². The first-order valence-corrected chi connectivity index (χ1v) is 8.48. The lowest BCUT2D eigenvalue weighted by Crippen LogP contribution is -2.51. The minimum absolute atomic E-state index is 0.00500. The van der Waals surface area contributed by atoms with Gasteiger partial charge >= 0.3 is 5.97 Å². The van der Waals surface area contributed by atoms with Crippen LogP contribution in [0.3, 0.4) is 0 Å². The van der Waals surface area contributed by atoms with Crippen molar-refractivity contribution in [1.29, 1.82) is 0 Å². The van der Waals surface area contributed by atoms with E-state index in [4.69, 9.17) is 9.84 Å². The van der Waals surface area contributed by atoms with Gasteiger partial charge in [0.25, 0.3) is 0 Å². The van der Waals surface area contributed by atoms with Crippen LogP contribution in [0.5, 0.6) is 0 Å². The molecule has 0 saturated heterocycles. The molecule has 2 aromatic rings. The van der Waals surface area contributed by atoms with Crippen LogP contribution in [0.25, 0.3) is 5.69 Å². The fourth-order valence-corrected chi connectivity index (χ4v) is 3.11. The van der Waals surface area contributed by atoms with E-state index in [0.717, 1.165) is 0 Å². The maximum Gasteiger partial charge on any atom is 0.305 e. The summed E-state index contributed by atoms with van der Waals surface area (Å²) in [6.07, 6.45) is -0.260. The largest absolute Gasteiger partial charge is 0.481 e. The van der Waals surface area contributed by atoms with Crippen LogP contribution in [0, 0.1) is 19.7 Å². The Balaban J connectivity index is 2.23. The summed E-state index contributed by atoms with van der Waals surface area (Å²) in [5.41, 5.74) is 1.21. The van der Waals surface area contributed by atoms with Gasteiger partial charge in [0.05, 0.1) is 30.7 Å². The molecule has 0 aliphatic carbocycles. The average molecular weight is 377 g/mol. The summed E-state index contributed by atoms with van der Waals surface area (Å²) in [6.45, 7) is 5.20. The minimum atomic E-state index is -1.03. The molecule has 1 aromatic carbocycles. The van der Waals surface area contributed by atoms with Crippen molar-refractivity contribution in [2.24, 2.45) is 0 Å². The number of halogens is 1. The van der Waals surface area contributed by atoms with E-state index < -0.39 is 17.3 Å². The van der Waals surface area contributed by atoms with Crippen molar-refractivity contribution in [1.82, 2.24) is 15.1 Å². The molecule has 1 heterocycles. The van der Waals surface area contributed by atoms with Crippen LogP contribution >= 0.6 is 0 Å². The number of carboxylic acid groups (broad SMARTS) is 1. The molecule has 2 N–H and O–H groups in total. The molecular weight excluding hydrogens is 353 g/mol. The highest BCUT2D eigenvalue weighted by molar-refractivity contribution is 5.81. The van der Waals surface area contributed by atoms with E-state index in [1.54, 1.807) is 39.0 Å². The van der Waals surface area contributed by atoms with E-state index in [1.165, 1.54) is 17.9 Å². The van der Waals surface area contributed by atoms with Gasteiger partial charge in [-0.25, -0.2) is 9.07 Å². The Kier molecular flexibility index (Phi) is 6.32. The minimum Gasteiger partial charge on any atom is -0.481 e. The van der Waals surface area contributed by atoms with Crippen LogP contribution < -0.4 is 5.32 Å². The molecule has 1 atom stereocenters. The summed E-state index contributed by atoms with van der Waals surface area (Å²) in [6, 6.07) is 6.27. The van der Waals surface area contributed by atoms with Gasteiger partial charge in [-0.15, -0.1) is 0 Å². The highest BCUT2D eigenvalue weighted by Crippen LogP contribution is 2.21. The van der Waals surface area contributed by atoms with E-state index in [0.29, 0.717) is 22.6 Å². The van der Waals surface area contributed by atoms with E-state index in [9.17, 15) is 14.0 Å². The summed E-state index contributed by atoms with van der Waals surface area (Å²) < 4.78 is 20.6. The van der Waals surface area contributed by atoms with Crippen molar-refractivity contribution in [2.75, 3.05) is 13.7 Å². The number of nitrogens with one attached hydrogen (secondary N) is 1. The van der Waals surface area contributed by atoms with E-state index in [-0.39, 0.29) is 25.4 Å². The Hall–Kier alpha value is -2.74. The number of methoxy groups -OCH3 is 1. The number of benzene rings is 1. The summed E-state index contributed by atoms with van der Waals surface area (Å²) in [5.74, 6) is -1.79. The lowest BCUT2D eigenvalue weighted by atomic mass is 9.98. The average Bonchev–Trinajstić information content (AvgIpc) is 2.82. The Morgan fingerprint density at radius 2 is 2.00 bits per heavy atom. The topological polar surface area (TPSA) is 93.4 Å². The molecule has 8 heteroatoms. The van der Waals surface area contributed by atoms with Crippen molar-refractivity contribution < 1.29 is 23.8 Å². The van der Waals surface area contributed by atoms with Gasteiger partial charge in [0.1, 0.15) is 11.5 Å². The molecule has 0 radical (unpaired) electrons. The number of hydrogen-bond acceptors (Lipinski definition) is 4. The third-order valence-electron chi connectivity index (χ3n) is 4.30. The van der Waals surface area contributed by atoms with Gasteiger partial charge in [-0.05, 0) is 32.9 Å². The first-order valence-electron chi connectivity index (χ1n) is 8.48. The molecule has 2 rings (SSSR count). The molecule has 0 bridgehead atoms. The van der Waals surface area contributed by atoms with Crippen molar-refractivity contribution >= 4 is 11.9 Å². The fourth-order valence-electron chi connectivity index (χ4n) is 3.11. The van der Waals surface area contributed by atoms with Gasteiger partial charge in [-0.1, -0.05) is 12.1 Å². The Labute approximate surface area is 157 Å². The number of carbonyl (C=O) groups is 2. The zero-order valence-corrected chi connectivity index (χ0v) is 15.9. The van der Waals surface area contributed by atoms with Crippen molar-refractivity contribution in [3.63, 3.8) is 0 Å². The Bertz CT molecular complexity index is 849. The number of nitrogens with zero attached hydrogens (tertiary/aromatic N) is 2. The molecular formula is C19H24FN3O4. The molecule has 1 amide bonds. The lowest BCUT2D eigenvalue weighted by molar-refractivity contribution is -0.139. The summed E-state index contributed by atoms with van der Waals surface area (Å²) >= 11 is 0. The lowest BCUT2D eigenvalue weighted by Gasteiger charge is -2.28. The molecule has 146 valence electrons. The van der Waals surface area contributed by atoms with Gasteiger partial charge < -0.3 is 15.2 Å². The van der Waals surface area contributed by atoms with Crippen molar-refractivity contribution in [2.45, 2.75) is 39.2 Å². The number of aryl methyl sites for hydroxylation is 1. The third kappa shape index (κ3) is 4.91. The SMILES string of the molecule is COC[C@](C)(CC(=O)O)NC(=O)Cc1c(C)nn(-c2ccccc2F)c1C. The molecule has 0 aliphatic heterocycles. The van der Waals surface area contributed by atoms with E-state index >= 15 is 0 Å². The van der Waals surface area contributed by atoms with Crippen LogP contribution in [0.15, 0.2) is 24.3 Å². The first-order chi connectivity index (χ1) is 12.7. The quantitative estimate of drug-likeness (QED) is 0.735. The van der Waals surface area contributed by atoms with E-state index in [1.807, 2.05) is 0 Å². The number of aromatic nitrogens is 2. The number of aliphatic carboxylic acids is 1. The van der Waals surface area contributed by atoms with Crippen molar-refractivity contribution in [3.8, 4) is 5.69 Å². The van der Waals surface area contributed by atoms with Crippen LogP contribution in [0.2, 0.25) is 0 Å². The van der Waals surface area contributed by atoms with Gasteiger partial charge in [0.2, 0.25) is 5.91 Å². The predicted molar refractivity (Wildman–Crippen MR) is 97.4 cm³/mol. The second kappa shape index (κ2) is 8.30. The third-order valence-corrected chi connectivity index (χ3v) is 4.30. The molecule has 7 nitrogen and oxygen atoms in total. The molecule has 1 aromatic heterocycles. The smallest absolute Gasteiger partial charge is 0.305 e. The maximum absolute atomic E-state index is 14.1. The second-order valence-corrected chi connectivity index (χ2v) is 6.80. The molecule has 0 unspecified atom stereocenters. The summed E-state index contributed by atoms with van der Waals surface area (Å²) in [7, 11) is 1.44. The molecule has 0 aliphatic rings. The van der Waals surface area contributed by atoms with Crippen LogP contribution in [-0.2, 0) is 20.7 Å². The zero-order chi connectivity index (χ0) is 20.2. The van der Waals surface area contributed by atoms with Crippen molar-refractivity contribution in [3.05, 3.63) is 47.0 Å². The van der Waals surface area contributed by atoms with Gasteiger partial charge in [0.15, 0.2) is 0 Å². The number of rotatable bonds is 8. The highest BCUT2D eigenvalue weighted by Gasteiger charge is 2.30. The number of amides is 1. The van der Waals surface area contributed by atoms with Gasteiger partial charge in [0, 0.05) is 18.4 Å². The van der Waals surface area contributed by atoms with Gasteiger partial charge in [-0.3, -0.25) is 9.59 Å². The highest BCUT2D eigenvalue weighted by atomic mass is 19.1. The molecule has 0 fully saturated rings. The number of ether oxygens (including phenoxy) is 1. The van der Waals surface area contributed by atoms with Gasteiger partial charge in [-0.2, -0.15) is 5.10 Å². The maximum atomic E-state index is 14.1. The Morgan fingerprint density at radius 1 is 1.33 bits per heavy atom. The van der Waals surface area contributed by atoms with Crippen LogP contribution in [0.4, 0.5) is 4.39 Å². The fraction of sp³-hybridized carbons (Fsp3) is 0.421. The normalized spacial score (nSPS) is 13.2. The molecule has 27 heavy (non-hydrogen) atoms. The second-order valence-electron chi connectivity index (χ2n) is 6.80.